The standard InChI is InChI=1S/C13H20O2/c1-5-7-11(8-9-13(14)15)12(6-2)10(3)4/h6-10H,5H2,1-4H3,(H,14,15)/b9-8+,11-7-,12-6-. The summed E-state index contributed by atoms with van der Waals surface area (Å²) in [7, 11) is 0. The van der Waals surface area contributed by atoms with E-state index in [1.807, 2.05) is 19.9 Å². The fourth-order valence-electron chi connectivity index (χ4n) is 1.50. The number of hydrogen-bond donors (Lipinski definition) is 1. The zero-order valence-corrected chi connectivity index (χ0v) is 9.95. The van der Waals surface area contributed by atoms with Gasteiger partial charge in [0, 0.05) is 6.08 Å². The van der Waals surface area contributed by atoms with Crippen LogP contribution < -0.4 is 0 Å². The predicted octanol–water partition coefficient (Wildman–Crippen LogP) is 3.57. The molecule has 0 aliphatic heterocycles. The Kier molecular flexibility index (Phi) is 6.43. The molecular formula is C13H20O2. The first-order chi connectivity index (χ1) is 7.02. The molecule has 0 amide bonds. The van der Waals surface area contributed by atoms with Gasteiger partial charge in [-0.25, -0.2) is 4.79 Å². The Hall–Kier alpha value is -1.31. The van der Waals surface area contributed by atoms with E-state index >= 15 is 0 Å². The molecule has 84 valence electrons. The number of carboxylic acids is 1. The molecule has 0 aromatic heterocycles. The van der Waals surface area contributed by atoms with Gasteiger partial charge in [0.1, 0.15) is 0 Å². The fourth-order valence-corrected chi connectivity index (χ4v) is 1.50. The molecule has 0 radical (unpaired) electrons. The SMILES string of the molecule is C\C=C(C(=C\CC)/C=C/C(=O)O)\C(C)C. The Morgan fingerprint density at radius 1 is 1.33 bits per heavy atom. The van der Waals surface area contributed by atoms with Crippen LogP contribution in [-0.2, 0) is 4.79 Å². The number of aliphatic carboxylic acids is 1. The van der Waals surface area contributed by atoms with Gasteiger partial charge in [-0.1, -0.05) is 32.9 Å². The Bertz CT molecular complexity index is 294. The van der Waals surface area contributed by atoms with Gasteiger partial charge in [0.2, 0.25) is 0 Å². The average Bonchev–Trinajstić information content (AvgIpc) is 2.14. The summed E-state index contributed by atoms with van der Waals surface area (Å²) >= 11 is 0. The highest BCUT2D eigenvalue weighted by Gasteiger charge is 2.05. The van der Waals surface area contributed by atoms with E-state index in [0.29, 0.717) is 5.92 Å². The highest BCUT2D eigenvalue weighted by molar-refractivity contribution is 5.80. The van der Waals surface area contributed by atoms with Crippen molar-refractivity contribution in [3.8, 4) is 0 Å². The van der Waals surface area contributed by atoms with Gasteiger partial charge in [-0.05, 0) is 36.5 Å². The third-order valence-corrected chi connectivity index (χ3v) is 2.10. The van der Waals surface area contributed by atoms with E-state index in [1.54, 1.807) is 6.08 Å². The molecule has 0 aromatic rings. The van der Waals surface area contributed by atoms with Crippen molar-refractivity contribution in [2.24, 2.45) is 5.92 Å². The average molecular weight is 208 g/mol. The van der Waals surface area contributed by atoms with Gasteiger partial charge < -0.3 is 5.11 Å². The highest BCUT2D eigenvalue weighted by Crippen LogP contribution is 2.21. The van der Waals surface area contributed by atoms with Crippen LogP contribution in [0, 0.1) is 5.92 Å². The van der Waals surface area contributed by atoms with Crippen molar-refractivity contribution in [2.75, 3.05) is 0 Å². The van der Waals surface area contributed by atoms with Crippen LogP contribution in [0.15, 0.2) is 35.5 Å². The van der Waals surface area contributed by atoms with E-state index in [2.05, 4.69) is 19.9 Å². The van der Waals surface area contributed by atoms with Gasteiger partial charge in [0.25, 0.3) is 0 Å². The van der Waals surface area contributed by atoms with E-state index in [-0.39, 0.29) is 0 Å². The van der Waals surface area contributed by atoms with Gasteiger partial charge >= 0.3 is 5.97 Å². The lowest BCUT2D eigenvalue weighted by Gasteiger charge is -2.12. The van der Waals surface area contributed by atoms with Gasteiger partial charge in [0.05, 0.1) is 0 Å². The molecule has 0 heterocycles. The molecule has 0 spiro atoms. The predicted molar refractivity (Wildman–Crippen MR) is 63.7 cm³/mol. The lowest BCUT2D eigenvalue weighted by atomic mass is 9.94. The molecule has 0 unspecified atom stereocenters. The summed E-state index contributed by atoms with van der Waals surface area (Å²) in [5.74, 6) is -0.498. The maximum atomic E-state index is 10.5. The quantitative estimate of drug-likeness (QED) is 0.554. The molecule has 0 aliphatic carbocycles. The first kappa shape index (κ1) is 13.7. The number of hydrogen-bond acceptors (Lipinski definition) is 1. The summed E-state index contributed by atoms with van der Waals surface area (Å²) in [5, 5.41) is 8.59. The smallest absolute Gasteiger partial charge is 0.328 e. The molecule has 0 rings (SSSR count). The van der Waals surface area contributed by atoms with Crippen molar-refractivity contribution in [3.05, 3.63) is 35.5 Å². The molecule has 0 aromatic carbocycles. The normalized spacial score (nSPS) is 13.9. The van der Waals surface area contributed by atoms with Crippen molar-refractivity contribution < 1.29 is 9.90 Å². The van der Waals surface area contributed by atoms with Crippen LogP contribution in [0.5, 0.6) is 0 Å². The molecule has 15 heavy (non-hydrogen) atoms. The van der Waals surface area contributed by atoms with Crippen LogP contribution in [-0.4, -0.2) is 11.1 Å². The molecule has 0 saturated heterocycles. The lowest BCUT2D eigenvalue weighted by Crippen LogP contribution is -1.97. The summed E-state index contributed by atoms with van der Waals surface area (Å²) in [4.78, 5) is 10.5. The highest BCUT2D eigenvalue weighted by atomic mass is 16.4. The van der Waals surface area contributed by atoms with Gasteiger partial charge in [-0.2, -0.15) is 0 Å². The summed E-state index contributed by atoms with van der Waals surface area (Å²) in [6.45, 7) is 8.23. The minimum atomic E-state index is -0.906. The Morgan fingerprint density at radius 2 is 1.93 bits per heavy atom. The van der Waals surface area contributed by atoms with E-state index in [1.165, 1.54) is 11.6 Å². The second kappa shape index (κ2) is 7.04. The van der Waals surface area contributed by atoms with Crippen LogP contribution in [0.2, 0.25) is 0 Å². The monoisotopic (exact) mass is 208 g/mol. The van der Waals surface area contributed by atoms with Crippen molar-refractivity contribution in [2.45, 2.75) is 34.1 Å². The molecule has 2 heteroatoms. The van der Waals surface area contributed by atoms with E-state index in [4.69, 9.17) is 5.11 Å². The summed E-state index contributed by atoms with van der Waals surface area (Å²) in [6, 6.07) is 0. The molecular weight excluding hydrogens is 188 g/mol. The Balaban J connectivity index is 4.98. The number of carbonyl (C=O) groups is 1. The molecule has 1 N–H and O–H groups in total. The fraction of sp³-hybridized carbons (Fsp3) is 0.462. The van der Waals surface area contributed by atoms with E-state index in [0.717, 1.165) is 12.0 Å². The maximum Gasteiger partial charge on any atom is 0.328 e. The Labute approximate surface area is 92.0 Å². The molecule has 0 atom stereocenters. The van der Waals surface area contributed by atoms with Crippen molar-refractivity contribution in [3.63, 3.8) is 0 Å². The Morgan fingerprint density at radius 3 is 2.27 bits per heavy atom. The minimum absolute atomic E-state index is 0.409. The zero-order chi connectivity index (χ0) is 11.8. The summed E-state index contributed by atoms with van der Waals surface area (Å²) < 4.78 is 0. The van der Waals surface area contributed by atoms with Crippen molar-refractivity contribution in [1.82, 2.24) is 0 Å². The molecule has 0 saturated carbocycles. The first-order valence-corrected chi connectivity index (χ1v) is 5.30. The first-order valence-electron chi connectivity index (χ1n) is 5.30. The van der Waals surface area contributed by atoms with E-state index < -0.39 is 5.97 Å². The number of allylic oxidation sites excluding steroid dienone is 5. The lowest BCUT2D eigenvalue weighted by molar-refractivity contribution is -0.131. The minimum Gasteiger partial charge on any atom is -0.478 e. The third-order valence-electron chi connectivity index (χ3n) is 2.10. The topological polar surface area (TPSA) is 37.3 Å². The molecule has 2 nitrogen and oxygen atoms in total. The van der Waals surface area contributed by atoms with Crippen LogP contribution in [0.4, 0.5) is 0 Å². The maximum absolute atomic E-state index is 10.5. The van der Waals surface area contributed by atoms with Gasteiger partial charge in [-0.3, -0.25) is 0 Å². The van der Waals surface area contributed by atoms with Crippen LogP contribution in [0.25, 0.3) is 0 Å². The molecule has 0 aliphatic rings. The summed E-state index contributed by atoms with van der Waals surface area (Å²) in [5.41, 5.74) is 2.20. The molecule has 0 bridgehead atoms. The van der Waals surface area contributed by atoms with Crippen molar-refractivity contribution in [1.29, 1.82) is 0 Å². The van der Waals surface area contributed by atoms with Gasteiger partial charge in [-0.15, -0.1) is 0 Å². The van der Waals surface area contributed by atoms with Gasteiger partial charge in [0.15, 0.2) is 0 Å². The van der Waals surface area contributed by atoms with E-state index in [9.17, 15) is 4.79 Å². The van der Waals surface area contributed by atoms with Crippen molar-refractivity contribution >= 4 is 5.97 Å². The third kappa shape index (κ3) is 5.21. The zero-order valence-electron chi connectivity index (χ0n) is 9.95. The van der Waals surface area contributed by atoms with Crippen LogP contribution >= 0.6 is 0 Å². The summed E-state index contributed by atoms with van der Waals surface area (Å²) in [6.07, 6.45) is 7.85. The molecule has 0 fully saturated rings. The largest absolute Gasteiger partial charge is 0.478 e. The number of carboxylic acid groups (broad SMARTS) is 1. The van der Waals surface area contributed by atoms with Crippen LogP contribution in [0.3, 0.4) is 0 Å². The van der Waals surface area contributed by atoms with Crippen LogP contribution in [0.1, 0.15) is 34.1 Å². The number of rotatable bonds is 5. The second-order valence-electron chi connectivity index (χ2n) is 3.64. The second-order valence-corrected chi connectivity index (χ2v) is 3.64.